The van der Waals surface area contributed by atoms with Crippen LogP contribution >= 0.6 is 15.9 Å². The normalized spacial score (nSPS) is 9.92. The topological polar surface area (TPSA) is 9.23 Å². The van der Waals surface area contributed by atoms with Gasteiger partial charge in [-0.3, -0.25) is 0 Å². The van der Waals surface area contributed by atoms with Crippen LogP contribution < -0.4 is 4.74 Å². The summed E-state index contributed by atoms with van der Waals surface area (Å²) in [5.41, 5.74) is 1.35. The van der Waals surface area contributed by atoms with Crippen molar-refractivity contribution < 1.29 is 4.74 Å². The third-order valence-corrected chi connectivity index (χ3v) is 2.52. The molecular formula is C10H13BrO. The van der Waals surface area contributed by atoms with Crippen molar-refractivity contribution in [3.8, 4) is 5.75 Å². The van der Waals surface area contributed by atoms with Gasteiger partial charge in [0, 0.05) is 4.47 Å². The van der Waals surface area contributed by atoms with Crippen LogP contribution in [0.25, 0.3) is 0 Å². The fraction of sp³-hybridized carbons (Fsp3) is 0.400. The average Bonchev–Trinajstić information content (AvgIpc) is 2.09. The van der Waals surface area contributed by atoms with Crippen LogP contribution in [0.1, 0.15) is 18.9 Å². The number of benzene rings is 1. The largest absolute Gasteiger partial charge is 0.497 e. The molecule has 0 saturated carbocycles. The minimum atomic E-state index is 0.904. The van der Waals surface area contributed by atoms with Crippen LogP contribution in [0.4, 0.5) is 0 Å². The van der Waals surface area contributed by atoms with Gasteiger partial charge in [0.2, 0.25) is 0 Å². The first-order chi connectivity index (χ1) is 5.77. The van der Waals surface area contributed by atoms with E-state index in [1.54, 1.807) is 7.11 Å². The molecule has 0 spiro atoms. The van der Waals surface area contributed by atoms with Crippen LogP contribution in [0.5, 0.6) is 5.75 Å². The van der Waals surface area contributed by atoms with Gasteiger partial charge in [-0.2, -0.15) is 0 Å². The summed E-state index contributed by atoms with van der Waals surface area (Å²) in [6, 6.07) is 6.10. The molecule has 1 nitrogen and oxygen atoms in total. The Morgan fingerprint density at radius 3 is 2.67 bits per heavy atom. The van der Waals surface area contributed by atoms with E-state index in [4.69, 9.17) is 4.74 Å². The van der Waals surface area contributed by atoms with Gasteiger partial charge in [-0.05, 0) is 24.1 Å². The fourth-order valence-corrected chi connectivity index (χ4v) is 1.68. The van der Waals surface area contributed by atoms with E-state index < -0.39 is 0 Å². The van der Waals surface area contributed by atoms with Gasteiger partial charge in [-0.15, -0.1) is 0 Å². The van der Waals surface area contributed by atoms with Crippen molar-refractivity contribution in [2.24, 2.45) is 0 Å². The highest BCUT2D eigenvalue weighted by Gasteiger charge is 1.99. The molecule has 0 amide bonds. The second kappa shape index (κ2) is 4.51. The highest BCUT2D eigenvalue weighted by molar-refractivity contribution is 9.10. The van der Waals surface area contributed by atoms with Crippen molar-refractivity contribution in [3.05, 3.63) is 28.2 Å². The molecule has 0 aromatic heterocycles. The lowest BCUT2D eigenvalue weighted by atomic mass is 10.1. The summed E-state index contributed by atoms with van der Waals surface area (Å²) < 4.78 is 6.24. The van der Waals surface area contributed by atoms with E-state index in [2.05, 4.69) is 28.9 Å². The summed E-state index contributed by atoms with van der Waals surface area (Å²) in [5, 5.41) is 0. The second-order valence-corrected chi connectivity index (χ2v) is 3.56. The first kappa shape index (κ1) is 9.59. The number of halogens is 1. The maximum absolute atomic E-state index is 5.10. The summed E-state index contributed by atoms with van der Waals surface area (Å²) in [6.45, 7) is 2.18. The van der Waals surface area contributed by atoms with Crippen LogP contribution in [-0.4, -0.2) is 7.11 Å². The third kappa shape index (κ3) is 2.24. The Hall–Kier alpha value is -0.500. The van der Waals surface area contributed by atoms with Crippen molar-refractivity contribution in [1.82, 2.24) is 0 Å². The molecular weight excluding hydrogens is 216 g/mol. The Balaban J connectivity index is 2.87. The molecule has 12 heavy (non-hydrogen) atoms. The number of methoxy groups -OCH3 is 1. The zero-order chi connectivity index (χ0) is 8.97. The van der Waals surface area contributed by atoms with Gasteiger partial charge in [0.25, 0.3) is 0 Å². The lowest BCUT2D eigenvalue weighted by molar-refractivity contribution is 0.414. The summed E-state index contributed by atoms with van der Waals surface area (Å²) in [5.74, 6) is 0.904. The molecule has 0 bridgehead atoms. The number of rotatable bonds is 3. The lowest BCUT2D eigenvalue weighted by Crippen LogP contribution is -1.87. The Morgan fingerprint density at radius 2 is 2.17 bits per heavy atom. The van der Waals surface area contributed by atoms with Gasteiger partial charge >= 0.3 is 0 Å². The molecule has 0 radical (unpaired) electrons. The average molecular weight is 229 g/mol. The van der Waals surface area contributed by atoms with Crippen molar-refractivity contribution in [1.29, 1.82) is 0 Å². The SMILES string of the molecule is CCCc1ccc(OC)cc1Br. The van der Waals surface area contributed by atoms with E-state index in [0.29, 0.717) is 0 Å². The molecule has 1 aromatic rings. The summed E-state index contributed by atoms with van der Waals surface area (Å²) in [4.78, 5) is 0. The summed E-state index contributed by atoms with van der Waals surface area (Å²) in [7, 11) is 1.68. The molecule has 0 aliphatic rings. The molecule has 0 N–H and O–H groups in total. The maximum Gasteiger partial charge on any atom is 0.120 e. The van der Waals surface area contributed by atoms with E-state index >= 15 is 0 Å². The minimum absolute atomic E-state index is 0.904. The molecule has 0 saturated heterocycles. The van der Waals surface area contributed by atoms with Gasteiger partial charge in [0.05, 0.1) is 7.11 Å². The zero-order valence-electron chi connectivity index (χ0n) is 7.43. The Bertz CT molecular complexity index is 258. The lowest BCUT2D eigenvalue weighted by Gasteiger charge is -2.04. The number of hydrogen-bond donors (Lipinski definition) is 0. The van der Waals surface area contributed by atoms with Gasteiger partial charge in [0.1, 0.15) is 5.75 Å². The van der Waals surface area contributed by atoms with Crippen molar-refractivity contribution in [2.45, 2.75) is 19.8 Å². The molecule has 0 heterocycles. The molecule has 1 aromatic carbocycles. The summed E-state index contributed by atoms with van der Waals surface area (Å²) in [6.07, 6.45) is 2.29. The quantitative estimate of drug-likeness (QED) is 0.771. The standard InChI is InChI=1S/C10H13BrO/c1-3-4-8-5-6-9(12-2)7-10(8)11/h5-7H,3-4H2,1-2H3. The monoisotopic (exact) mass is 228 g/mol. The smallest absolute Gasteiger partial charge is 0.120 e. The Morgan fingerprint density at radius 1 is 1.42 bits per heavy atom. The fourth-order valence-electron chi connectivity index (χ4n) is 1.13. The highest BCUT2D eigenvalue weighted by Crippen LogP contribution is 2.23. The van der Waals surface area contributed by atoms with E-state index in [0.717, 1.165) is 16.6 Å². The molecule has 0 unspecified atom stereocenters. The van der Waals surface area contributed by atoms with Gasteiger partial charge in [0.15, 0.2) is 0 Å². The van der Waals surface area contributed by atoms with Gasteiger partial charge in [-0.25, -0.2) is 0 Å². The molecule has 0 aliphatic carbocycles. The number of hydrogen-bond acceptors (Lipinski definition) is 1. The zero-order valence-corrected chi connectivity index (χ0v) is 9.02. The predicted octanol–water partition coefficient (Wildman–Crippen LogP) is 3.41. The van der Waals surface area contributed by atoms with Crippen molar-refractivity contribution >= 4 is 15.9 Å². The predicted molar refractivity (Wildman–Crippen MR) is 54.7 cm³/mol. The number of ether oxygens (including phenoxy) is 1. The second-order valence-electron chi connectivity index (χ2n) is 2.71. The van der Waals surface area contributed by atoms with Crippen LogP contribution in [-0.2, 0) is 6.42 Å². The first-order valence-corrected chi connectivity index (χ1v) is 4.89. The van der Waals surface area contributed by atoms with Crippen LogP contribution in [0.2, 0.25) is 0 Å². The van der Waals surface area contributed by atoms with E-state index in [1.165, 1.54) is 12.0 Å². The highest BCUT2D eigenvalue weighted by atomic mass is 79.9. The van der Waals surface area contributed by atoms with Crippen molar-refractivity contribution in [2.75, 3.05) is 7.11 Å². The van der Waals surface area contributed by atoms with E-state index in [9.17, 15) is 0 Å². The van der Waals surface area contributed by atoms with Crippen molar-refractivity contribution in [3.63, 3.8) is 0 Å². The van der Waals surface area contributed by atoms with Crippen LogP contribution in [0.15, 0.2) is 22.7 Å². The van der Waals surface area contributed by atoms with E-state index in [1.807, 2.05) is 12.1 Å². The Kier molecular flexibility index (Phi) is 3.60. The van der Waals surface area contributed by atoms with Crippen LogP contribution in [0, 0.1) is 0 Å². The molecule has 0 aliphatic heterocycles. The third-order valence-electron chi connectivity index (χ3n) is 1.78. The van der Waals surface area contributed by atoms with Gasteiger partial charge < -0.3 is 4.74 Å². The first-order valence-electron chi connectivity index (χ1n) is 4.10. The molecule has 66 valence electrons. The van der Waals surface area contributed by atoms with Gasteiger partial charge in [-0.1, -0.05) is 35.3 Å². The van der Waals surface area contributed by atoms with Crippen LogP contribution in [0.3, 0.4) is 0 Å². The molecule has 2 heteroatoms. The molecule has 0 atom stereocenters. The number of aryl methyl sites for hydroxylation is 1. The minimum Gasteiger partial charge on any atom is -0.497 e. The molecule has 0 fully saturated rings. The summed E-state index contributed by atoms with van der Waals surface area (Å²) >= 11 is 3.51. The maximum atomic E-state index is 5.10. The van der Waals surface area contributed by atoms with E-state index in [-0.39, 0.29) is 0 Å². The molecule has 1 rings (SSSR count). The Labute approximate surface area is 81.9 Å².